The van der Waals surface area contributed by atoms with Gasteiger partial charge in [-0.25, -0.2) is 13.2 Å². The number of rotatable bonds is 6. The molecule has 0 aliphatic heterocycles. The molecule has 0 fully saturated rings. The Kier molecular flexibility index (Phi) is 6.22. The van der Waals surface area contributed by atoms with Gasteiger partial charge in [0.05, 0.1) is 16.1 Å². The molecule has 0 saturated heterocycles. The average Bonchev–Trinajstić information content (AvgIpc) is 2.59. The summed E-state index contributed by atoms with van der Waals surface area (Å²) in [6, 6.07) is 12.6. The molecule has 6 nitrogen and oxygen atoms in total. The molecular weight excluding hydrogens is 362 g/mol. The van der Waals surface area contributed by atoms with Gasteiger partial charge in [0.1, 0.15) is 0 Å². The maximum absolute atomic E-state index is 11.9. The third-order valence-electron chi connectivity index (χ3n) is 3.23. The minimum absolute atomic E-state index is 0.107. The first kappa shape index (κ1) is 19.0. The molecule has 8 heteroatoms. The summed E-state index contributed by atoms with van der Waals surface area (Å²) in [5.41, 5.74) is 0.818. The normalized spacial score (nSPS) is 11.0. The minimum Gasteiger partial charge on any atom is -0.452 e. The number of benzene rings is 2. The van der Waals surface area contributed by atoms with Crippen LogP contribution in [-0.2, 0) is 19.4 Å². The van der Waals surface area contributed by atoms with Gasteiger partial charge in [-0.15, -0.1) is 11.8 Å². The molecule has 0 unspecified atom stereocenters. The van der Waals surface area contributed by atoms with E-state index in [-0.39, 0.29) is 10.5 Å². The Morgan fingerprint density at radius 3 is 2.32 bits per heavy atom. The number of nitrogens with one attached hydrogen (secondary N) is 1. The van der Waals surface area contributed by atoms with Gasteiger partial charge in [-0.05, 0) is 42.7 Å². The van der Waals surface area contributed by atoms with Crippen LogP contribution in [0, 0.1) is 0 Å². The second kappa shape index (κ2) is 8.17. The SMILES string of the molecule is CSc1ccccc1NC(=O)COC(=O)c1ccc(S(C)(=O)=O)cc1. The third-order valence-corrected chi connectivity index (χ3v) is 5.16. The van der Waals surface area contributed by atoms with Crippen LogP contribution in [0.2, 0.25) is 0 Å². The highest BCUT2D eigenvalue weighted by molar-refractivity contribution is 7.98. The molecule has 0 saturated carbocycles. The van der Waals surface area contributed by atoms with Crippen molar-refractivity contribution in [3.05, 3.63) is 54.1 Å². The largest absolute Gasteiger partial charge is 0.452 e. The van der Waals surface area contributed by atoms with Crippen LogP contribution >= 0.6 is 11.8 Å². The van der Waals surface area contributed by atoms with Crippen LogP contribution in [0.25, 0.3) is 0 Å². The summed E-state index contributed by atoms with van der Waals surface area (Å²) in [4.78, 5) is 24.9. The Bertz CT molecular complexity index is 876. The molecule has 0 bridgehead atoms. The quantitative estimate of drug-likeness (QED) is 0.613. The van der Waals surface area contributed by atoms with Crippen molar-refractivity contribution in [1.29, 1.82) is 0 Å². The zero-order valence-electron chi connectivity index (χ0n) is 13.7. The molecule has 2 rings (SSSR count). The number of anilines is 1. The van der Waals surface area contributed by atoms with E-state index < -0.39 is 28.3 Å². The Balaban J connectivity index is 1.94. The van der Waals surface area contributed by atoms with Gasteiger partial charge >= 0.3 is 5.97 Å². The molecule has 0 radical (unpaired) electrons. The summed E-state index contributed by atoms with van der Waals surface area (Å²) in [6.45, 7) is -0.435. The number of para-hydroxylation sites is 1. The molecule has 0 heterocycles. The summed E-state index contributed by atoms with van der Waals surface area (Å²) in [5, 5.41) is 2.68. The Hall–Kier alpha value is -2.32. The molecular formula is C17H17NO5S2. The molecule has 2 aromatic carbocycles. The Morgan fingerprint density at radius 1 is 1.08 bits per heavy atom. The predicted octanol–water partition coefficient (Wildman–Crippen LogP) is 2.61. The number of esters is 1. The van der Waals surface area contributed by atoms with Crippen LogP contribution in [0.1, 0.15) is 10.4 Å². The molecule has 25 heavy (non-hydrogen) atoms. The van der Waals surface area contributed by atoms with E-state index in [1.807, 2.05) is 18.4 Å². The molecule has 1 N–H and O–H groups in total. The van der Waals surface area contributed by atoms with Gasteiger partial charge in [0, 0.05) is 11.2 Å². The van der Waals surface area contributed by atoms with E-state index >= 15 is 0 Å². The molecule has 0 aliphatic rings. The van der Waals surface area contributed by atoms with Gasteiger partial charge in [0.2, 0.25) is 0 Å². The van der Waals surface area contributed by atoms with Crippen molar-refractivity contribution in [3.63, 3.8) is 0 Å². The minimum atomic E-state index is -3.33. The van der Waals surface area contributed by atoms with Crippen LogP contribution in [-0.4, -0.2) is 39.4 Å². The number of sulfone groups is 1. The zero-order valence-corrected chi connectivity index (χ0v) is 15.3. The third kappa shape index (κ3) is 5.33. The lowest BCUT2D eigenvalue weighted by molar-refractivity contribution is -0.119. The van der Waals surface area contributed by atoms with Crippen LogP contribution < -0.4 is 5.32 Å². The molecule has 0 aromatic heterocycles. The fourth-order valence-electron chi connectivity index (χ4n) is 1.99. The summed E-state index contributed by atoms with van der Waals surface area (Å²) in [5.74, 6) is -1.16. The monoisotopic (exact) mass is 379 g/mol. The van der Waals surface area contributed by atoms with Crippen LogP contribution in [0.3, 0.4) is 0 Å². The summed E-state index contributed by atoms with van der Waals surface area (Å²) in [7, 11) is -3.33. The second-order valence-corrected chi connectivity index (χ2v) is 7.98. The van der Waals surface area contributed by atoms with E-state index in [9.17, 15) is 18.0 Å². The van der Waals surface area contributed by atoms with E-state index in [1.165, 1.54) is 36.0 Å². The molecule has 1 amide bonds. The molecule has 132 valence electrons. The van der Waals surface area contributed by atoms with Gasteiger partial charge in [-0.1, -0.05) is 12.1 Å². The molecule has 0 spiro atoms. The van der Waals surface area contributed by atoms with Crippen molar-refractivity contribution in [2.24, 2.45) is 0 Å². The second-order valence-electron chi connectivity index (χ2n) is 5.12. The van der Waals surface area contributed by atoms with Crippen LogP contribution in [0.5, 0.6) is 0 Å². The van der Waals surface area contributed by atoms with Crippen molar-refractivity contribution in [1.82, 2.24) is 0 Å². The fourth-order valence-corrected chi connectivity index (χ4v) is 3.17. The first-order valence-electron chi connectivity index (χ1n) is 7.21. The van der Waals surface area contributed by atoms with E-state index in [4.69, 9.17) is 4.74 Å². The number of carbonyl (C=O) groups excluding carboxylic acids is 2. The number of hydrogen-bond acceptors (Lipinski definition) is 6. The lowest BCUT2D eigenvalue weighted by Gasteiger charge is -2.09. The highest BCUT2D eigenvalue weighted by Gasteiger charge is 2.13. The van der Waals surface area contributed by atoms with Gasteiger partial charge in [-0.2, -0.15) is 0 Å². The van der Waals surface area contributed by atoms with Gasteiger partial charge < -0.3 is 10.1 Å². The van der Waals surface area contributed by atoms with Crippen LogP contribution in [0.4, 0.5) is 5.69 Å². The number of amides is 1. The highest BCUT2D eigenvalue weighted by atomic mass is 32.2. The van der Waals surface area contributed by atoms with Crippen molar-refractivity contribution in [2.75, 3.05) is 24.4 Å². The topological polar surface area (TPSA) is 89.5 Å². The maximum atomic E-state index is 11.9. The molecule has 2 aromatic rings. The molecule has 0 aliphatic carbocycles. The van der Waals surface area contributed by atoms with Crippen molar-refractivity contribution < 1.29 is 22.7 Å². The average molecular weight is 379 g/mol. The lowest BCUT2D eigenvalue weighted by atomic mass is 10.2. The first-order valence-corrected chi connectivity index (χ1v) is 10.3. The van der Waals surface area contributed by atoms with E-state index in [1.54, 1.807) is 12.1 Å². The number of thioether (sulfide) groups is 1. The maximum Gasteiger partial charge on any atom is 0.338 e. The van der Waals surface area contributed by atoms with Crippen molar-refractivity contribution in [3.8, 4) is 0 Å². The standard InChI is InChI=1S/C17H17NO5S2/c1-24-15-6-4-3-5-14(15)18-16(19)11-23-17(20)12-7-9-13(10-8-12)25(2,21)22/h3-10H,11H2,1-2H3,(H,18,19). The van der Waals surface area contributed by atoms with E-state index in [0.717, 1.165) is 11.2 Å². The van der Waals surface area contributed by atoms with Gasteiger partial charge in [0.15, 0.2) is 16.4 Å². The fraction of sp³-hybridized carbons (Fsp3) is 0.176. The van der Waals surface area contributed by atoms with Crippen molar-refractivity contribution in [2.45, 2.75) is 9.79 Å². The summed E-state index contributed by atoms with van der Waals surface area (Å²) < 4.78 is 27.7. The first-order chi connectivity index (χ1) is 11.8. The zero-order chi connectivity index (χ0) is 18.4. The summed E-state index contributed by atoms with van der Waals surface area (Å²) >= 11 is 1.49. The van der Waals surface area contributed by atoms with Crippen LogP contribution in [0.15, 0.2) is 58.3 Å². The van der Waals surface area contributed by atoms with E-state index in [2.05, 4.69) is 5.32 Å². The number of hydrogen-bond donors (Lipinski definition) is 1. The Labute approximate surface area is 150 Å². The van der Waals surface area contributed by atoms with Crippen molar-refractivity contribution >= 4 is 39.2 Å². The number of carbonyl (C=O) groups is 2. The van der Waals surface area contributed by atoms with Gasteiger partial charge in [0.25, 0.3) is 5.91 Å². The summed E-state index contributed by atoms with van der Waals surface area (Å²) in [6.07, 6.45) is 2.97. The number of ether oxygens (including phenoxy) is 1. The smallest absolute Gasteiger partial charge is 0.338 e. The Morgan fingerprint density at radius 2 is 1.72 bits per heavy atom. The van der Waals surface area contributed by atoms with E-state index in [0.29, 0.717) is 5.69 Å². The highest BCUT2D eigenvalue weighted by Crippen LogP contribution is 2.24. The lowest BCUT2D eigenvalue weighted by Crippen LogP contribution is -2.21. The predicted molar refractivity (Wildman–Crippen MR) is 96.7 cm³/mol. The van der Waals surface area contributed by atoms with Gasteiger partial charge in [-0.3, -0.25) is 4.79 Å². The molecule has 0 atom stereocenters.